The lowest BCUT2D eigenvalue weighted by molar-refractivity contribution is 0.0697. The van der Waals surface area contributed by atoms with Gasteiger partial charge >= 0.3 is 5.97 Å². The fourth-order valence-electron chi connectivity index (χ4n) is 2.91. The van der Waals surface area contributed by atoms with E-state index in [4.69, 9.17) is 10.1 Å². The van der Waals surface area contributed by atoms with Crippen LogP contribution in [-0.2, 0) is 0 Å². The molecule has 0 amide bonds. The Balaban J connectivity index is 1.84. The Bertz CT molecular complexity index is 1090. The van der Waals surface area contributed by atoms with Crippen molar-refractivity contribution in [3.8, 4) is 33.9 Å². The lowest BCUT2D eigenvalue weighted by Gasteiger charge is -2.03. The molecular formula is C22H15BrN2O2. The molecule has 5 heteroatoms. The molecule has 132 valence electrons. The number of aromatic nitrogens is 2. The summed E-state index contributed by atoms with van der Waals surface area (Å²) in [5.41, 5.74) is 4.90. The van der Waals surface area contributed by atoms with Gasteiger partial charge in [0, 0.05) is 21.2 Å². The van der Waals surface area contributed by atoms with E-state index in [0.717, 1.165) is 32.6 Å². The highest BCUT2D eigenvalue weighted by molar-refractivity contribution is 9.10. The van der Waals surface area contributed by atoms with Gasteiger partial charge in [0.05, 0.1) is 17.0 Å². The molecule has 0 aliphatic rings. The largest absolute Gasteiger partial charge is 0.478 e. The van der Waals surface area contributed by atoms with Crippen LogP contribution in [-0.4, -0.2) is 21.0 Å². The summed E-state index contributed by atoms with van der Waals surface area (Å²) < 4.78 is 1.01. The first-order chi connectivity index (χ1) is 13.1. The van der Waals surface area contributed by atoms with Crippen molar-refractivity contribution >= 4 is 21.9 Å². The van der Waals surface area contributed by atoms with E-state index in [0.29, 0.717) is 5.82 Å². The predicted octanol–water partition coefficient (Wildman–Crippen LogP) is 5.87. The minimum Gasteiger partial charge on any atom is -0.478 e. The van der Waals surface area contributed by atoms with Crippen LogP contribution in [0.1, 0.15) is 10.4 Å². The van der Waals surface area contributed by atoms with Gasteiger partial charge in [0.15, 0.2) is 0 Å². The fraction of sp³-hybridized carbons (Fsp3) is 0. The molecule has 0 fully saturated rings. The minimum atomic E-state index is -0.943. The number of imidazole rings is 1. The molecule has 0 spiro atoms. The number of nitrogens with zero attached hydrogens (tertiary/aromatic N) is 1. The average molecular weight is 419 g/mol. The van der Waals surface area contributed by atoms with Crippen molar-refractivity contribution in [3.05, 3.63) is 88.9 Å². The molecule has 27 heavy (non-hydrogen) atoms. The van der Waals surface area contributed by atoms with Gasteiger partial charge in [-0.2, -0.15) is 0 Å². The zero-order valence-corrected chi connectivity index (χ0v) is 15.8. The van der Waals surface area contributed by atoms with Crippen LogP contribution in [0, 0.1) is 0 Å². The molecule has 0 saturated heterocycles. The number of hydrogen-bond acceptors (Lipinski definition) is 2. The Hall–Kier alpha value is -3.18. The van der Waals surface area contributed by atoms with Crippen molar-refractivity contribution < 1.29 is 9.90 Å². The van der Waals surface area contributed by atoms with E-state index in [1.54, 1.807) is 24.3 Å². The van der Waals surface area contributed by atoms with Crippen LogP contribution < -0.4 is 0 Å². The van der Waals surface area contributed by atoms with Gasteiger partial charge in [-0.3, -0.25) is 0 Å². The Labute approximate surface area is 164 Å². The molecule has 0 aliphatic heterocycles. The van der Waals surface area contributed by atoms with Gasteiger partial charge in [0.1, 0.15) is 5.82 Å². The van der Waals surface area contributed by atoms with E-state index in [1.165, 1.54) is 0 Å². The van der Waals surface area contributed by atoms with E-state index in [1.807, 2.05) is 54.6 Å². The molecule has 0 aliphatic carbocycles. The van der Waals surface area contributed by atoms with Crippen LogP contribution >= 0.6 is 15.9 Å². The van der Waals surface area contributed by atoms with Gasteiger partial charge in [-0.05, 0) is 24.3 Å². The molecule has 4 nitrogen and oxygen atoms in total. The summed E-state index contributed by atoms with van der Waals surface area (Å²) in [6.07, 6.45) is 0. The summed E-state index contributed by atoms with van der Waals surface area (Å²) >= 11 is 3.47. The third-order valence-corrected chi connectivity index (χ3v) is 4.82. The number of nitrogens with one attached hydrogen (secondary N) is 1. The van der Waals surface area contributed by atoms with Crippen LogP contribution in [0.25, 0.3) is 33.9 Å². The van der Waals surface area contributed by atoms with Gasteiger partial charge in [0.2, 0.25) is 0 Å². The molecule has 1 heterocycles. The fourth-order valence-corrected chi connectivity index (χ4v) is 3.18. The number of carboxylic acids is 1. The van der Waals surface area contributed by atoms with E-state index in [2.05, 4.69) is 20.9 Å². The van der Waals surface area contributed by atoms with Gasteiger partial charge in [-0.15, -0.1) is 0 Å². The van der Waals surface area contributed by atoms with Crippen molar-refractivity contribution in [2.45, 2.75) is 0 Å². The molecule has 1 aromatic heterocycles. The van der Waals surface area contributed by atoms with E-state index in [9.17, 15) is 4.79 Å². The SMILES string of the molecule is O=C(O)c1ccc(-c2nc(-c3ccc(Br)cc3)c(-c3ccccc3)[nH]2)cc1. The first kappa shape index (κ1) is 17.2. The number of H-pyrrole nitrogens is 1. The van der Waals surface area contributed by atoms with Crippen molar-refractivity contribution in [3.63, 3.8) is 0 Å². The Morgan fingerprint density at radius 3 is 2.07 bits per heavy atom. The van der Waals surface area contributed by atoms with Crippen molar-refractivity contribution in [2.24, 2.45) is 0 Å². The molecule has 4 aromatic rings. The molecule has 0 bridgehead atoms. The van der Waals surface area contributed by atoms with Crippen LogP contribution in [0.3, 0.4) is 0 Å². The molecular weight excluding hydrogens is 404 g/mol. The maximum Gasteiger partial charge on any atom is 0.335 e. The quantitative estimate of drug-likeness (QED) is 0.435. The number of carboxylic acid groups (broad SMARTS) is 1. The number of aromatic carboxylic acids is 1. The van der Waals surface area contributed by atoms with Crippen LogP contribution in [0.2, 0.25) is 0 Å². The number of carbonyl (C=O) groups is 1. The second kappa shape index (κ2) is 7.21. The number of rotatable bonds is 4. The van der Waals surface area contributed by atoms with Gasteiger partial charge in [-0.25, -0.2) is 9.78 Å². The van der Waals surface area contributed by atoms with E-state index in [-0.39, 0.29) is 5.56 Å². The highest BCUT2D eigenvalue weighted by Gasteiger charge is 2.15. The maximum absolute atomic E-state index is 11.1. The molecule has 3 aromatic carbocycles. The summed E-state index contributed by atoms with van der Waals surface area (Å²) in [6, 6.07) is 24.7. The second-order valence-corrected chi connectivity index (χ2v) is 6.98. The molecule has 0 unspecified atom stereocenters. The van der Waals surface area contributed by atoms with Gasteiger partial charge < -0.3 is 10.1 Å². The highest BCUT2D eigenvalue weighted by Crippen LogP contribution is 2.33. The minimum absolute atomic E-state index is 0.252. The summed E-state index contributed by atoms with van der Waals surface area (Å²) in [7, 11) is 0. The second-order valence-electron chi connectivity index (χ2n) is 6.06. The molecule has 0 saturated carbocycles. The molecule has 0 atom stereocenters. The van der Waals surface area contributed by atoms with Crippen molar-refractivity contribution in [2.75, 3.05) is 0 Å². The number of hydrogen-bond donors (Lipinski definition) is 2. The summed E-state index contributed by atoms with van der Waals surface area (Å²) in [5, 5.41) is 9.09. The summed E-state index contributed by atoms with van der Waals surface area (Å²) in [6.45, 7) is 0. The lowest BCUT2D eigenvalue weighted by atomic mass is 10.1. The third kappa shape index (κ3) is 3.55. The van der Waals surface area contributed by atoms with Crippen LogP contribution in [0.5, 0.6) is 0 Å². The summed E-state index contributed by atoms with van der Waals surface area (Å²) in [4.78, 5) is 19.3. The van der Waals surface area contributed by atoms with E-state index < -0.39 is 5.97 Å². The normalized spacial score (nSPS) is 10.7. The predicted molar refractivity (Wildman–Crippen MR) is 110 cm³/mol. The monoisotopic (exact) mass is 418 g/mol. The maximum atomic E-state index is 11.1. The Kier molecular flexibility index (Phi) is 4.60. The third-order valence-electron chi connectivity index (χ3n) is 4.29. The van der Waals surface area contributed by atoms with Crippen LogP contribution in [0.15, 0.2) is 83.3 Å². The zero-order chi connectivity index (χ0) is 18.8. The van der Waals surface area contributed by atoms with Crippen molar-refractivity contribution in [1.82, 2.24) is 9.97 Å². The van der Waals surface area contributed by atoms with Crippen molar-refractivity contribution in [1.29, 1.82) is 0 Å². The number of halogens is 1. The Morgan fingerprint density at radius 1 is 0.815 bits per heavy atom. The van der Waals surface area contributed by atoms with Gasteiger partial charge in [0.25, 0.3) is 0 Å². The first-order valence-electron chi connectivity index (χ1n) is 8.37. The topological polar surface area (TPSA) is 66.0 Å². The first-order valence-corrected chi connectivity index (χ1v) is 9.16. The smallest absolute Gasteiger partial charge is 0.335 e. The summed E-state index contributed by atoms with van der Waals surface area (Å²) in [5.74, 6) is -0.245. The highest BCUT2D eigenvalue weighted by atomic mass is 79.9. The number of aromatic amines is 1. The molecule has 4 rings (SSSR count). The molecule has 2 N–H and O–H groups in total. The van der Waals surface area contributed by atoms with Crippen LogP contribution in [0.4, 0.5) is 0 Å². The molecule has 0 radical (unpaired) electrons. The lowest BCUT2D eigenvalue weighted by Crippen LogP contribution is -1.95. The average Bonchev–Trinajstić information content (AvgIpc) is 3.15. The zero-order valence-electron chi connectivity index (χ0n) is 14.2. The van der Waals surface area contributed by atoms with Gasteiger partial charge in [-0.1, -0.05) is 70.5 Å². The van der Waals surface area contributed by atoms with E-state index >= 15 is 0 Å². The standard InChI is InChI=1S/C22H15BrN2O2/c23-18-12-10-15(11-13-18)20-19(14-4-2-1-3-5-14)24-21(25-20)16-6-8-17(9-7-16)22(26)27/h1-13H,(H,24,25)(H,26,27). The Morgan fingerprint density at radius 2 is 1.44 bits per heavy atom. The number of benzene rings is 3.